The highest BCUT2D eigenvalue weighted by Crippen LogP contribution is 2.27. The van der Waals surface area contributed by atoms with Crippen molar-refractivity contribution >= 4 is 17.1 Å². The Labute approximate surface area is 104 Å². The summed E-state index contributed by atoms with van der Waals surface area (Å²) in [5, 5.41) is 2.87. The zero-order valence-electron chi connectivity index (χ0n) is 10.2. The number of benzene rings is 2. The summed E-state index contributed by atoms with van der Waals surface area (Å²) in [6.45, 7) is 3.44. The van der Waals surface area contributed by atoms with Gasteiger partial charge in [-0.1, -0.05) is 6.07 Å². The molecule has 0 atom stereocenters. The molecular formula is C14H14F2N2. The predicted molar refractivity (Wildman–Crippen MR) is 70.0 cm³/mol. The molecule has 4 heteroatoms. The lowest BCUT2D eigenvalue weighted by molar-refractivity contribution is 0.619. The molecular weight excluding hydrogens is 234 g/mol. The zero-order valence-corrected chi connectivity index (χ0v) is 10.2. The SMILES string of the molecule is Cc1ccc(Nc2cc(C)c(F)cc2N)c(F)c1. The Morgan fingerprint density at radius 2 is 1.67 bits per heavy atom. The van der Waals surface area contributed by atoms with E-state index in [4.69, 9.17) is 5.73 Å². The van der Waals surface area contributed by atoms with Crippen LogP contribution in [0.5, 0.6) is 0 Å². The number of hydrogen-bond donors (Lipinski definition) is 2. The van der Waals surface area contributed by atoms with Gasteiger partial charge in [-0.2, -0.15) is 0 Å². The summed E-state index contributed by atoms with van der Waals surface area (Å²) >= 11 is 0. The van der Waals surface area contributed by atoms with Crippen molar-refractivity contribution in [2.75, 3.05) is 11.1 Å². The van der Waals surface area contributed by atoms with E-state index in [1.807, 2.05) is 6.92 Å². The van der Waals surface area contributed by atoms with E-state index in [0.717, 1.165) is 5.56 Å². The van der Waals surface area contributed by atoms with Crippen LogP contribution in [0.1, 0.15) is 11.1 Å². The van der Waals surface area contributed by atoms with E-state index in [1.54, 1.807) is 25.1 Å². The van der Waals surface area contributed by atoms with E-state index in [2.05, 4.69) is 5.32 Å². The molecule has 0 aromatic heterocycles. The van der Waals surface area contributed by atoms with Crippen LogP contribution in [0, 0.1) is 25.5 Å². The summed E-state index contributed by atoms with van der Waals surface area (Å²) in [6.07, 6.45) is 0. The second kappa shape index (κ2) is 4.64. The van der Waals surface area contributed by atoms with Gasteiger partial charge in [-0.05, 0) is 49.2 Å². The number of rotatable bonds is 2. The Hall–Kier alpha value is -2.10. The molecule has 2 aromatic rings. The molecule has 0 heterocycles. The highest BCUT2D eigenvalue weighted by Gasteiger charge is 2.07. The van der Waals surface area contributed by atoms with Gasteiger partial charge in [0.2, 0.25) is 0 Å². The molecule has 2 aromatic carbocycles. The van der Waals surface area contributed by atoms with E-state index in [9.17, 15) is 8.78 Å². The fourth-order valence-electron chi connectivity index (χ4n) is 1.67. The van der Waals surface area contributed by atoms with Crippen molar-refractivity contribution in [2.45, 2.75) is 13.8 Å². The zero-order chi connectivity index (χ0) is 13.3. The molecule has 2 rings (SSSR count). The second-order valence-electron chi connectivity index (χ2n) is 4.30. The first kappa shape index (κ1) is 12.4. The van der Waals surface area contributed by atoms with Gasteiger partial charge in [-0.15, -0.1) is 0 Å². The molecule has 0 amide bonds. The van der Waals surface area contributed by atoms with Crippen molar-refractivity contribution in [1.82, 2.24) is 0 Å². The molecule has 0 fully saturated rings. The van der Waals surface area contributed by atoms with E-state index >= 15 is 0 Å². The van der Waals surface area contributed by atoms with Crippen molar-refractivity contribution < 1.29 is 8.78 Å². The van der Waals surface area contributed by atoms with Crippen LogP contribution in [0.4, 0.5) is 25.8 Å². The summed E-state index contributed by atoms with van der Waals surface area (Å²) in [6, 6.07) is 7.63. The number of halogens is 2. The second-order valence-corrected chi connectivity index (χ2v) is 4.30. The monoisotopic (exact) mass is 248 g/mol. The third-order valence-electron chi connectivity index (χ3n) is 2.72. The lowest BCUT2D eigenvalue weighted by atomic mass is 10.1. The van der Waals surface area contributed by atoms with Crippen molar-refractivity contribution in [1.29, 1.82) is 0 Å². The lowest BCUT2D eigenvalue weighted by Crippen LogP contribution is -2.00. The van der Waals surface area contributed by atoms with Gasteiger partial charge in [0.15, 0.2) is 0 Å². The molecule has 0 radical (unpaired) electrons. The van der Waals surface area contributed by atoms with Crippen LogP contribution in [0.2, 0.25) is 0 Å². The minimum atomic E-state index is -0.373. The van der Waals surface area contributed by atoms with Crippen LogP contribution < -0.4 is 11.1 Å². The number of nitrogens with two attached hydrogens (primary N) is 1. The maximum atomic E-state index is 13.7. The van der Waals surface area contributed by atoms with Gasteiger partial charge >= 0.3 is 0 Å². The topological polar surface area (TPSA) is 38.0 Å². The van der Waals surface area contributed by atoms with E-state index in [1.165, 1.54) is 12.1 Å². The molecule has 2 nitrogen and oxygen atoms in total. The summed E-state index contributed by atoms with van der Waals surface area (Å²) in [4.78, 5) is 0. The fraction of sp³-hybridized carbons (Fsp3) is 0.143. The van der Waals surface area contributed by atoms with Crippen LogP contribution in [0.15, 0.2) is 30.3 Å². The quantitative estimate of drug-likeness (QED) is 0.791. The minimum Gasteiger partial charge on any atom is -0.397 e. The van der Waals surface area contributed by atoms with E-state index in [0.29, 0.717) is 16.9 Å². The largest absolute Gasteiger partial charge is 0.397 e. The fourth-order valence-corrected chi connectivity index (χ4v) is 1.67. The maximum Gasteiger partial charge on any atom is 0.146 e. The van der Waals surface area contributed by atoms with Gasteiger partial charge in [0.25, 0.3) is 0 Å². The lowest BCUT2D eigenvalue weighted by Gasteiger charge is -2.12. The Kier molecular flexibility index (Phi) is 3.19. The Morgan fingerprint density at radius 3 is 2.33 bits per heavy atom. The first-order chi connectivity index (χ1) is 8.47. The first-order valence-corrected chi connectivity index (χ1v) is 5.56. The molecule has 94 valence electrons. The average molecular weight is 248 g/mol. The molecule has 0 bridgehead atoms. The number of hydrogen-bond acceptors (Lipinski definition) is 2. The van der Waals surface area contributed by atoms with Crippen LogP contribution in [0.25, 0.3) is 0 Å². The molecule has 0 aliphatic carbocycles. The normalized spacial score (nSPS) is 10.4. The van der Waals surface area contributed by atoms with Crippen LogP contribution in [-0.2, 0) is 0 Å². The molecule has 0 saturated carbocycles. The van der Waals surface area contributed by atoms with Crippen molar-refractivity contribution in [3.05, 3.63) is 53.1 Å². The van der Waals surface area contributed by atoms with Crippen molar-refractivity contribution in [2.24, 2.45) is 0 Å². The van der Waals surface area contributed by atoms with Gasteiger partial charge < -0.3 is 11.1 Å². The highest BCUT2D eigenvalue weighted by molar-refractivity contribution is 5.73. The molecule has 0 spiro atoms. The highest BCUT2D eigenvalue weighted by atomic mass is 19.1. The standard InChI is InChI=1S/C14H14F2N2/c1-8-3-4-13(11(16)5-8)18-14-6-9(2)10(15)7-12(14)17/h3-7,18H,17H2,1-2H3. The van der Waals surface area contributed by atoms with E-state index < -0.39 is 0 Å². The summed E-state index contributed by atoms with van der Waals surface area (Å²) in [7, 11) is 0. The third-order valence-corrected chi connectivity index (χ3v) is 2.72. The number of nitrogens with one attached hydrogen (secondary N) is 1. The molecule has 0 aliphatic rings. The Bertz CT molecular complexity index is 595. The van der Waals surface area contributed by atoms with Gasteiger partial charge in [0.05, 0.1) is 17.1 Å². The van der Waals surface area contributed by atoms with Crippen molar-refractivity contribution in [3.63, 3.8) is 0 Å². The number of aryl methyl sites for hydroxylation is 2. The average Bonchev–Trinajstić information content (AvgIpc) is 2.29. The summed E-state index contributed by atoms with van der Waals surface area (Å²) in [5.74, 6) is -0.737. The molecule has 0 saturated heterocycles. The third kappa shape index (κ3) is 2.42. The van der Waals surface area contributed by atoms with E-state index in [-0.39, 0.29) is 17.3 Å². The first-order valence-electron chi connectivity index (χ1n) is 5.56. The van der Waals surface area contributed by atoms with Crippen LogP contribution in [0.3, 0.4) is 0 Å². The molecule has 3 N–H and O–H groups in total. The van der Waals surface area contributed by atoms with Gasteiger partial charge in [-0.25, -0.2) is 8.78 Å². The molecule has 18 heavy (non-hydrogen) atoms. The van der Waals surface area contributed by atoms with Gasteiger partial charge in [0, 0.05) is 0 Å². The van der Waals surface area contributed by atoms with Gasteiger partial charge in [-0.3, -0.25) is 0 Å². The molecule has 0 aliphatic heterocycles. The Morgan fingerprint density at radius 1 is 0.944 bits per heavy atom. The van der Waals surface area contributed by atoms with Crippen LogP contribution >= 0.6 is 0 Å². The minimum absolute atomic E-state index is 0.248. The summed E-state index contributed by atoms with van der Waals surface area (Å²) < 4.78 is 26.9. The van der Waals surface area contributed by atoms with Crippen molar-refractivity contribution in [3.8, 4) is 0 Å². The Balaban J connectivity index is 2.37. The predicted octanol–water partition coefficient (Wildman–Crippen LogP) is 3.91. The smallest absolute Gasteiger partial charge is 0.146 e. The summed E-state index contributed by atoms with van der Waals surface area (Å²) in [5.41, 5.74) is 8.05. The maximum absolute atomic E-state index is 13.7. The van der Waals surface area contributed by atoms with Crippen LogP contribution in [-0.4, -0.2) is 0 Å². The number of anilines is 3. The molecule has 0 unspecified atom stereocenters. The van der Waals surface area contributed by atoms with Gasteiger partial charge in [0.1, 0.15) is 11.6 Å². The number of nitrogen functional groups attached to an aromatic ring is 1.